The van der Waals surface area contributed by atoms with Gasteiger partial charge in [-0.3, -0.25) is 9.59 Å². The van der Waals surface area contributed by atoms with E-state index in [-0.39, 0.29) is 18.5 Å². The number of carbonyl (C=O) groups excluding carboxylic acids is 2. The topological polar surface area (TPSA) is 95.9 Å². The molecule has 3 N–H and O–H groups in total. The standard InChI is InChI=1S/C48H89NO5/c1-3-5-7-9-11-13-15-16-17-21-24-28-32-36-40-46(51)45(44-50)49-47(52)41-37-33-29-25-22-18-19-23-27-31-35-39-43-54-48(53)42-38-34-30-26-20-14-12-10-8-6-4-2/h10,12,19,23,36,40,45-46,50-51H,3-9,11,13-18,20-22,24-35,37-39,41-44H2,1-2H3,(H,49,52)/b12-10-,23-19-,40-36+. The van der Waals surface area contributed by atoms with Crippen LogP contribution < -0.4 is 5.32 Å². The Hall–Kier alpha value is -1.92. The number of aliphatic hydroxyl groups is 2. The molecule has 54 heavy (non-hydrogen) atoms. The minimum Gasteiger partial charge on any atom is -0.466 e. The zero-order valence-electron chi connectivity index (χ0n) is 35.7. The summed E-state index contributed by atoms with van der Waals surface area (Å²) in [5, 5.41) is 23.0. The van der Waals surface area contributed by atoms with Gasteiger partial charge in [0.15, 0.2) is 0 Å². The van der Waals surface area contributed by atoms with Crippen LogP contribution in [0.2, 0.25) is 0 Å². The Labute approximate surface area is 334 Å². The molecule has 316 valence electrons. The molecule has 0 fully saturated rings. The molecule has 0 aliphatic rings. The Morgan fingerprint density at radius 1 is 0.500 bits per heavy atom. The van der Waals surface area contributed by atoms with E-state index in [9.17, 15) is 19.8 Å². The maximum absolute atomic E-state index is 12.4. The molecule has 2 atom stereocenters. The molecular weight excluding hydrogens is 671 g/mol. The zero-order chi connectivity index (χ0) is 39.4. The van der Waals surface area contributed by atoms with Gasteiger partial charge < -0.3 is 20.3 Å². The molecule has 6 nitrogen and oxygen atoms in total. The van der Waals surface area contributed by atoms with Gasteiger partial charge in [-0.25, -0.2) is 0 Å². The number of carbonyl (C=O) groups is 2. The summed E-state index contributed by atoms with van der Waals surface area (Å²) in [7, 11) is 0. The number of unbranched alkanes of at least 4 members (excludes halogenated alkanes) is 27. The van der Waals surface area contributed by atoms with Crippen molar-refractivity contribution in [3.05, 3.63) is 36.5 Å². The molecule has 0 aromatic rings. The Morgan fingerprint density at radius 3 is 1.37 bits per heavy atom. The molecule has 6 heteroatoms. The van der Waals surface area contributed by atoms with E-state index in [0.29, 0.717) is 19.4 Å². The van der Waals surface area contributed by atoms with Crippen LogP contribution in [0.25, 0.3) is 0 Å². The second-order valence-corrected chi connectivity index (χ2v) is 15.7. The fourth-order valence-corrected chi connectivity index (χ4v) is 6.72. The molecular formula is C48H89NO5. The highest BCUT2D eigenvalue weighted by Crippen LogP contribution is 2.14. The number of hydrogen-bond acceptors (Lipinski definition) is 5. The van der Waals surface area contributed by atoms with Crippen molar-refractivity contribution < 1.29 is 24.5 Å². The third-order valence-electron chi connectivity index (χ3n) is 10.4. The first-order chi connectivity index (χ1) is 26.5. The number of amides is 1. The lowest BCUT2D eigenvalue weighted by molar-refractivity contribution is -0.143. The first-order valence-corrected chi connectivity index (χ1v) is 23.3. The quantitative estimate of drug-likeness (QED) is 0.0327. The van der Waals surface area contributed by atoms with Crippen LogP contribution in [0.15, 0.2) is 36.5 Å². The van der Waals surface area contributed by atoms with Gasteiger partial charge in [0.1, 0.15) is 0 Å². The van der Waals surface area contributed by atoms with E-state index in [2.05, 4.69) is 43.5 Å². The van der Waals surface area contributed by atoms with Crippen molar-refractivity contribution >= 4 is 11.9 Å². The van der Waals surface area contributed by atoms with Gasteiger partial charge in [-0.1, -0.05) is 172 Å². The molecule has 1 amide bonds. The van der Waals surface area contributed by atoms with Crippen molar-refractivity contribution in [3.63, 3.8) is 0 Å². The van der Waals surface area contributed by atoms with Gasteiger partial charge in [0.2, 0.25) is 5.91 Å². The maximum Gasteiger partial charge on any atom is 0.305 e. The minimum absolute atomic E-state index is 0.0365. The number of esters is 1. The lowest BCUT2D eigenvalue weighted by atomic mass is 10.0. The second-order valence-electron chi connectivity index (χ2n) is 15.7. The van der Waals surface area contributed by atoms with Gasteiger partial charge in [0, 0.05) is 12.8 Å². The lowest BCUT2D eigenvalue weighted by Gasteiger charge is -2.20. The van der Waals surface area contributed by atoms with E-state index in [1.54, 1.807) is 6.08 Å². The molecule has 0 saturated carbocycles. The summed E-state index contributed by atoms with van der Waals surface area (Å²) in [5.74, 6) is -0.132. The number of ether oxygens (including phenoxy) is 1. The number of nitrogens with one attached hydrogen (secondary N) is 1. The summed E-state index contributed by atoms with van der Waals surface area (Å²) >= 11 is 0. The molecule has 0 aromatic carbocycles. The van der Waals surface area contributed by atoms with Gasteiger partial charge in [0.05, 0.1) is 25.4 Å². The summed E-state index contributed by atoms with van der Waals surface area (Å²) in [4.78, 5) is 24.3. The molecule has 0 saturated heterocycles. The van der Waals surface area contributed by atoms with Crippen LogP contribution in [0.4, 0.5) is 0 Å². The molecule has 2 unspecified atom stereocenters. The smallest absolute Gasteiger partial charge is 0.305 e. The Kier molecular flexibility index (Phi) is 42.2. The predicted octanol–water partition coefficient (Wildman–Crippen LogP) is 13.3. The Balaban J connectivity index is 3.58. The molecule has 0 radical (unpaired) electrons. The van der Waals surface area contributed by atoms with Gasteiger partial charge in [-0.15, -0.1) is 0 Å². The molecule has 0 rings (SSSR count). The van der Waals surface area contributed by atoms with Crippen molar-refractivity contribution in [2.75, 3.05) is 13.2 Å². The van der Waals surface area contributed by atoms with Crippen LogP contribution in [0.3, 0.4) is 0 Å². The summed E-state index contributed by atoms with van der Waals surface area (Å²) in [6.45, 7) is 4.78. The highest BCUT2D eigenvalue weighted by Gasteiger charge is 2.18. The van der Waals surface area contributed by atoms with E-state index < -0.39 is 12.1 Å². The molecule has 0 spiro atoms. The van der Waals surface area contributed by atoms with Crippen molar-refractivity contribution in [3.8, 4) is 0 Å². The fraction of sp³-hybridized carbons (Fsp3) is 0.833. The molecule has 0 aliphatic heterocycles. The molecule has 0 aromatic heterocycles. The van der Waals surface area contributed by atoms with Crippen LogP contribution >= 0.6 is 0 Å². The summed E-state index contributed by atoms with van der Waals surface area (Å²) in [6, 6.07) is -0.646. The van der Waals surface area contributed by atoms with Crippen molar-refractivity contribution in [2.24, 2.45) is 0 Å². The van der Waals surface area contributed by atoms with E-state index in [4.69, 9.17) is 4.74 Å². The van der Waals surface area contributed by atoms with Gasteiger partial charge in [-0.2, -0.15) is 0 Å². The zero-order valence-corrected chi connectivity index (χ0v) is 35.7. The van der Waals surface area contributed by atoms with Crippen molar-refractivity contribution in [1.29, 1.82) is 0 Å². The number of hydrogen-bond donors (Lipinski definition) is 3. The summed E-state index contributed by atoms with van der Waals surface area (Å²) in [6.07, 6.45) is 51.3. The fourth-order valence-electron chi connectivity index (χ4n) is 6.72. The number of rotatable bonds is 42. The first-order valence-electron chi connectivity index (χ1n) is 23.3. The van der Waals surface area contributed by atoms with Gasteiger partial charge >= 0.3 is 5.97 Å². The third-order valence-corrected chi connectivity index (χ3v) is 10.4. The minimum atomic E-state index is -0.860. The first kappa shape index (κ1) is 52.1. The average Bonchev–Trinajstić information content (AvgIpc) is 3.17. The highest BCUT2D eigenvalue weighted by molar-refractivity contribution is 5.76. The second kappa shape index (κ2) is 43.8. The SMILES string of the molecule is CCCC/C=C\CCCCCCCC(=O)OCCCCC/C=C\CCCCCCCC(=O)NC(CO)C(O)/C=C/CCCCCCCCCCCCCC. The number of allylic oxidation sites excluding steroid dienone is 5. The summed E-state index contributed by atoms with van der Waals surface area (Å²) in [5.41, 5.74) is 0. The van der Waals surface area contributed by atoms with Crippen LogP contribution in [0.5, 0.6) is 0 Å². The van der Waals surface area contributed by atoms with Crippen molar-refractivity contribution in [2.45, 2.75) is 244 Å². The van der Waals surface area contributed by atoms with E-state index >= 15 is 0 Å². The van der Waals surface area contributed by atoms with E-state index in [1.807, 2.05) is 6.08 Å². The monoisotopic (exact) mass is 760 g/mol. The molecule has 0 aliphatic carbocycles. The van der Waals surface area contributed by atoms with Crippen LogP contribution in [0.1, 0.15) is 232 Å². The molecule has 0 heterocycles. The van der Waals surface area contributed by atoms with Crippen LogP contribution in [-0.2, 0) is 14.3 Å². The van der Waals surface area contributed by atoms with Crippen LogP contribution in [-0.4, -0.2) is 47.4 Å². The largest absolute Gasteiger partial charge is 0.466 e. The average molecular weight is 760 g/mol. The van der Waals surface area contributed by atoms with Gasteiger partial charge in [0.25, 0.3) is 0 Å². The molecule has 0 bridgehead atoms. The van der Waals surface area contributed by atoms with Crippen LogP contribution in [0, 0.1) is 0 Å². The normalized spacial score (nSPS) is 13.0. The third kappa shape index (κ3) is 39.8. The predicted molar refractivity (Wildman–Crippen MR) is 232 cm³/mol. The maximum atomic E-state index is 12.4. The Morgan fingerprint density at radius 2 is 0.889 bits per heavy atom. The lowest BCUT2D eigenvalue weighted by Crippen LogP contribution is -2.45. The van der Waals surface area contributed by atoms with E-state index in [0.717, 1.165) is 83.5 Å². The number of aliphatic hydroxyl groups excluding tert-OH is 2. The van der Waals surface area contributed by atoms with Gasteiger partial charge in [-0.05, 0) is 83.5 Å². The Bertz CT molecular complexity index is 884. The van der Waals surface area contributed by atoms with E-state index in [1.165, 1.54) is 122 Å². The summed E-state index contributed by atoms with van der Waals surface area (Å²) < 4.78 is 5.41. The highest BCUT2D eigenvalue weighted by atomic mass is 16.5. The van der Waals surface area contributed by atoms with Crippen molar-refractivity contribution in [1.82, 2.24) is 5.32 Å².